The van der Waals surface area contributed by atoms with Crippen LogP contribution in [0.5, 0.6) is 5.75 Å². The minimum Gasteiger partial charge on any atom is -0.744 e. The fourth-order valence-electron chi connectivity index (χ4n) is 4.42. The van der Waals surface area contributed by atoms with Gasteiger partial charge in [-0.05, 0) is 115 Å². The maximum absolute atomic E-state index is 12.9. The third-order valence-corrected chi connectivity index (χ3v) is 8.52. The number of ketones is 1. The van der Waals surface area contributed by atoms with E-state index >= 15 is 0 Å². The molecule has 3 rings (SSSR count). The van der Waals surface area contributed by atoms with E-state index in [0.717, 1.165) is 5.56 Å². The molecule has 5 nitrogen and oxygen atoms in total. The Morgan fingerprint density at radius 3 is 2.11 bits per heavy atom. The summed E-state index contributed by atoms with van der Waals surface area (Å²) in [5.74, 6) is -0.211. The van der Waals surface area contributed by atoms with E-state index in [1.807, 2.05) is 27.7 Å². The van der Waals surface area contributed by atoms with Crippen molar-refractivity contribution in [2.45, 2.75) is 52.4 Å². The van der Waals surface area contributed by atoms with Crippen LogP contribution in [-0.4, -0.2) is 23.9 Å². The van der Waals surface area contributed by atoms with Gasteiger partial charge in [0, 0.05) is 5.56 Å². The number of aryl methyl sites for hydroxylation is 1. The molecule has 36 heavy (non-hydrogen) atoms. The number of carbonyl (C=O) groups excluding carboxylic acids is 1. The van der Waals surface area contributed by atoms with Crippen LogP contribution in [0, 0.1) is 12.8 Å². The molecule has 0 saturated heterocycles. The van der Waals surface area contributed by atoms with Crippen molar-refractivity contribution in [2.24, 2.45) is 5.92 Å². The van der Waals surface area contributed by atoms with Gasteiger partial charge in [-0.15, -0.1) is 0 Å². The number of aromatic hydroxyl groups is 1. The summed E-state index contributed by atoms with van der Waals surface area (Å²) in [6.07, 6.45) is 1.76. The molecule has 1 N–H and O–H groups in total. The van der Waals surface area contributed by atoms with Gasteiger partial charge in [0.2, 0.25) is 0 Å². The summed E-state index contributed by atoms with van der Waals surface area (Å²) in [7, 11) is -4.82. The van der Waals surface area contributed by atoms with E-state index in [0.29, 0.717) is 42.4 Å². The maximum atomic E-state index is 12.9. The number of halogens is 2. The van der Waals surface area contributed by atoms with Crippen LogP contribution < -0.4 is 29.6 Å². The molecule has 0 fully saturated rings. The van der Waals surface area contributed by atoms with Gasteiger partial charge in [-0.2, -0.15) is 0 Å². The largest absolute Gasteiger partial charge is 1.00 e. The molecular formula is C27H27Br2NaO5S. The van der Waals surface area contributed by atoms with Gasteiger partial charge < -0.3 is 9.66 Å². The summed E-state index contributed by atoms with van der Waals surface area (Å²) in [6.45, 7) is 11.3. The molecule has 0 saturated carbocycles. The van der Waals surface area contributed by atoms with E-state index in [1.54, 1.807) is 38.1 Å². The van der Waals surface area contributed by atoms with Gasteiger partial charge in [0.15, 0.2) is 5.78 Å². The van der Waals surface area contributed by atoms with Gasteiger partial charge in [0.25, 0.3) is 0 Å². The molecule has 9 heteroatoms. The number of allylic oxidation sites excluding steroid dienone is 5. The molecule has 0 atom stereocenters. The first-order valence-corrected chi connectivity index (χ1v) is 14.1. The molecule has 0 aromatic heterocycles. The van der Waals surface area contributed by atoms with Crippen LogP contribution in [0.4, 0.5) is 0 Å². The Hall–Kier alpha value is -1.000. The molecule has 0 radical (unpaired) electrons. The number of hydrogen-bond acceptors (Lipinski definition) is 5. The number of Topliss-reactive ketones (excluding diaryl/α,β-unsaturated/α-hetero) is 1. The second-order valence-corrected chi connectivity index (χ2v) is 12.2. The second-order valence-electron chi connectivity index (χ2n) is 9.25. The van der Waals surface area contributed by atoms with Gasteiger partial charge in [-0.25, -0.2) is 8.42 Å². The van der Waals surface area contributed by atoms with Crippen LogP contribution in [0.3, 0.4) is 0 Å². The molecule has 0 spiro atoms. The Morgan fingerprint density at radius 2 is 1.58 bits per heavy atom. The van der Waals surface area contributed by atoms with Crippen LogP contribution in [0.2, 0.25) is 0 Å². The van der Waals surface area contributed by atoms with Crippen LogP contribution in [0.1, 0.15) is 62.8 Å². The predicted molar refractivity (Wildman–Crippen MR) is 145 cm³/mol. The monoisotopic (exact) mass is 644 g/mol. The van der Waals surface area contributed by atoms with Crippen molar-refractivity contribution in [1.29, 1.82) is 0 Å². The second kappa shape index (κ2) is 11.8. The maximum Gasteiger partial charge on any atom is 1.00 e. The Kier molecular flexibility index (Phi) is 10.2. The number of rotatable bonds is 5. The van der Waals surface area contributed by atoms with Crippen LogP contribution in [0.15, 0.2) is 67.0 Å². The first kappa shape index (κ1) is 31.2. The first-order chi connectivity index (χ1) is 16.2. The van der Waals surface area contributed by atoms with Gasteiger partial charge in [0.1, 0.15) is 15.9 Å². The van der Waals surface area contributed by atoms with Crippen molar-refractivity contribution in [3.63, 3.8) is 0 Å². The fourth-order valence-corrected chi connectivity index (χ4v) is 7.08. The normalized spacial score (nSPS) is 15.9. The van der Waals surface area contributed by atoms with E-state index in [-0.39, 0.29) is 63.4 Å². The third kappa shape index (κ3) is 5.85. The van der Waals surface area contributed by atoms with E-state index in [4.69, 9.17) is 0 Å². The Labute approximate surface area is 252 Å². The van der Waals surface area contributed by atoms with Gasteiger partial charge >= 0.3 is 29.6 Å². The molecule has 2 aromatic rings. The number of phenolic OH excluding ortho intramolecular Hbond substituents is 1. The molecule has 0 unspecified atom stereocenters. The van der Waals surface area contributed by atoms with Crippen LogP contribution >= 0.6 is 31.9 Å². The van der Waals surface area contributed by atoms with E-state index in [2.05, 4.69) is 31.9 Å². The summed E-state index contributed by atoms with van der Waals surface area (Å²) in [5.41, 5.74) is 4.62. The number of hydrogen-bond donors (Lipinski definition) is 1. The minimum absolute atomic E-state index is 0. The average molecular weight is 646 g/mol. The van der Waals surface area contributed by atoms with Gasteiger partial charge in [-0.3, -0.25) is 4.79 Å². The molecule has 186 valence electrons. The topological polar surface area (TPSA) is 94.5 Å². The molecular weight excluding hydrogens is 619 g/mol. The molecule has 1 aliphatic rings. The molecule has 1 aliphatic carbocycles. The number of phenols is 1. The van der Waals surface area contributed by atoms with Crippen LogP contribution in [-0.2, 0) is 14.9 Å². The summed E-state index contributed by atoms with van der Waals surface area (Å²) >= 11 is 7.03. The van der Waals surface area contributed by atoms with Crippen molar-refractivity contribution in [2.75, 3.05) is 0 Å². The quantitative estimate of drug-likeness (QED) is 0.390. The zero-order valence-corrected chi connectivity index (χ0v) is 27.4. The van der Waals surface area contributed by atoms with Gasteiger partial charge in [0.05, 0.1) is 13.9 Å². The fraction of sp³-hybridized carbons (Fsp3) is 0.296. The summed E-state index contributed by atoms with van der Waals surface area (Å²) in [6, 6.07) is 7.91. The molecule has 0 bridgehead atoms. The molecule has 0 aliphatic heterocycles. The standard InChI is InChI=1S/C27H28Br2O5S.Na/c1-13(2)21-18(11-15(5)26(30)24(21)28)23(17-9-7-8-10-20(17)35(32,33)34)19-12-16(6)27(31)25(29)22(19)14(3)4;/h7-14,30H,1-6H3,(H,32,33,34);/q;+1/p-1/b23-19+;. The van der Waals surface area contributed by atoms with Crippen molar-refractivity contribution in [3.8, 4) is 5.75 Å². The van der Waals surface area contributed by atoms with Crippen LogP contribution in [0.25, 0.3) is 5.57 Å². The Bertz CT molecular complexity index is 1430. The van der Waals surface area contributed by atoms with E-state index in [9.17, 15) is 22.9 Å². The summed E-state index contributed by atoms with van der Waals surface area (Å²) in [5, 5.41) is 10.7. The number of carbonyl (C=O) groups is 1. The van der Waals surface area contributed by atoms with Crippen molar-refractivity contribution >= 4 is 53.3 Å². The summed E-state index contributed by atoms with van der Waals surface area (Å²) < 4.78 is 38.0. The van der Waals surface area contributed by atoms with Gasteiger partial charge in [-0.1, -0.05) is 45.9 Å². The van der Waals surface area contributed by atoms with Crippen molar-refractivity contribution in [1.82, 2.24) is 0 Å². The predicted octanol–water partition coefficient (Wildman–Crippen LogP) is 4.13. The van der Waals surface area contributed by atoms with E-state index in [1.165, 1.54) is 12.1 Å². The zero-order valence-electron chi connectivity index (χ0n) is 21.4. The number of benzene rings is 2. The first-order valence-electron chi connectivity index (χ1n) is 11.1. The Morgan fingerprint density at radius 1 is 1.00 bits per heavy atom. The van der Waals surface area contributed by atoms with E-state index < -0.39 is 10.1 Å². The molecule has 0 heterocycles. The smallest absolute Gasteiger partial charge is 0.744 e. The van der Waals surface area contributed by atoms with Crippen molar-refractivity contribution in [3.05, 3.63) is 84.3 Å². The van der Waals surface area contributed by atoms with Crippen molar-refractivity contribution < 1.29 is 52.4 Å². The molecule has 0 amide bonds. The third-order valence-electron chi connectivity index (χ3n) is 6.03. The summed E-state index contributed by atoms with van der Waals surface area (Å²) in [4.78, 5) is 12.5. The minimum atomic E-state index is -4.82. The Balaban J connectivity index is 0.00000456. The average Bonchev–Trinajstić information content (AvgIpc) is 2.75. The molecule has 2 aromatic carbocycles. The zero-order chi connectivity index (χ0) is 26.4. The SMILES string of the molecule is CC1=C/C(=C(/c2ccccc2S(=O)(=O)[O-])c2cc(C)c(O)c(Br)c2C(C)C)C(C(C)C)=C(Br)C1=O.[Na+].